The molecular weight excluding hydrogens is 391 g/mol. The van der Waals surface area contributed by atoms with Crippen molar-refractivity contribution in [3.05, 3.63) is 64.8 Å². The van der Waals surface area contributed by atoms with Gasteiger partial charge in [0.25, 0.3) is 5.91 Å². The van der Waals surface area contributed by atoms with Crippen LogP contribution < -0.4 is 5.32 Å². The van der Waals surface area contributed by atoms with Gasteiger partial charge in [-0.15, -0.1) is 0 Å². The predicted octanol–water partition coefficient (Wildman–Crippen LogP) is 6.10. The zero-order valence-corrected chi connectivity index (χ0v) is 17.4. The Hall–Kier alpha value is -3.09. The smallest absolute Gasteiger partial charge is 0.339 e. The maximum Gasteiger partial charge on any atom is 0.416 e. The zero-order chi connectivity index (χ0) is 22.1. The molecule has 0 unspecified atom stereocenters. The molecule has 1 aromatic heterocycles. The third kappa shape index (κ3) is 3.97. The van der Waals surface area contributed by atoms with Gasteiger partial charge in [-0.1, -0.05) is 24.3 Å². The van der Waals surface area contributed by atoms with Crippen LogP contribution in [-0.2, 0) is 6.18 Å². The number of alkyl halides is 3. The molecule has 0 aliphatic rings. The van der Waals surface area contributed by atoms with Crippen molar-refractivity contribution in [2.24, 2.45) is 0 Å². The van der Waals surface area contributed by atoms with E-state index in [2.05, 4.69) is 10.3 Å². The van der Waals surface area contributed by atoms with Gasteiger partial charge in [0, 0.05) is 35.7 Å². The highest BCUT2D eigenvalue weighted by Crippen LogP contribution is 2.36. The lowest BCUT2D eigenvalue weighted by molar-refractivity contribution is -0.138. The molecule has 0 spiro atoms. The van der Waals surface area contributed by atoms with Crippen LogP contribution in [0.1, 0.15) is 40.9 Å². The molecule has 3 rings (SSSR count). The van der Waals surface area contributed by atoms with Crippen molar-refractivity contribution < 1.29 is 18.0 Å². The SMILES string of the molecule is CCN(CC)C(=O)c1cnc(Nc2cccc(C(F)(F)F)c2C)c2cccc(C)c12. The average Bonchev–Trinajstić information content (AvgIpc) is 2.70. The van der Waals surface area contributed by atoms with Crippen molar-refractivity contribution in [1.82, 2.24) is 9.88 Å². The van der Waals surface area contributed by atoms with Crippen molar-refractivity contribution in [3.63, 3.8) is 0 Å². The van der Waals surface area contributed by atoms with Gasteiger partial charge in [-0.3, -0.25) is 4.79 Å². The molecule has 0 radical (unpaired) electrons. The van der Waals surface area contributed by atoms with Gasteiger partial charge >= 0.3 is 6.18 Å². The molecule has 0 aliphatic heterocycles. The number of pyridine rings is 1. The van der Waals surface area contributed by atoms with Gasteiger partial charge in [0.15, 0.2) is 0 Å². The number of rotatable bonds is 5. The second-order valence-corrected chi connectivity index (χ2v) is 7.10. The molecule has 158 valence electrons. The number of benzene rings is 2. The number of hydrogen-bond acceptors (Lipinski definition) is 3. The molecule has 7 heteroatoms. The molecule has 30 heavy (non-hydrogen) atoms. The highest BCUT2D eigenvalue weighted by molar-refractivity contribution is 6.10. The Bertz CT molecular complexity index is 1090. The van der Waals surface area contributed by atoms with Crippen molar-refractivity contribution in [2.45, 2.75) is 33.9 Å². The monoisotopic (exact) mass is 415 g/mol. The summed E-state index contributed by atoms with van der Waals surface area (Å²) in [4.78, 5) is 19.1. The molecule has 1 amide bonds. The van der Waals surface area contributed by atoms with E-state index in [1.807, 2.05) is 39.0 Å². The van der Waals surface area contributed by atoms with Crippen LogP contribution in [0.15, 0.2) is 42.6 Å². The van der Waals surface area contributed by atoms with Crippen LogP contribution in [-0.4, -0.2) is 28.9 Å². The topological polar surface area (TPSA) is 45.2 Å². The number of nitrogens with zero attached hydrogens (tertiary/aromatic N) is 2. The first-order valence-electron chi connectivity index (χ1n) is 9.80. The van der Waals surface area contributed by atoms with Crippen LogP contribution in [0.2, 0.25) is 0 Å². The molecule has 0 fully saturated rings. The second-order valence-electron chi connectivity index (χ2n) is 7.10. The number of halogens is 3. The molecule has 4 nitrogen and oxygen atoms in total. The molecule has 3 aromatic rings. The summed E-state index contributed by atoms with van der Waals surface area (Å²) >= 11 is 0. The maximum absolute atomic E-state index is 13.3. The number of fused-ring (bicyclic) bond motifs is 1. The summed E-state index contributed by atoms with van der Waals surface area (Å²) in [5.41, 5.74) is 1.10. The normalized spacial score (nSPS) is 11.6. The van der Waals surface area contributed by atoms with Crippen LogP contribution in [0.4, 0.5) is 24.7 Å². The molecule has 0 aliphatic carbocycles. The van der Waals surface area contributed by atoms with E-state index in [-0.39, 0.29) is 11.5 Å². The van der Waals surface area contributed by atoms with E-state index in [0.717, 1.165) is 17.0 Å². The fourth-order valence-corrected chi connectivity index (χ4v) is 3.63. The number of nitrogens with one attached hydrogen (secondary N) is 1. The Kier molecular flexibility index (Phi) is 6.01. The first kappa shape index (κ1) is 21.6. The summed E-state index contributed by atoms with van der Waals surface area (Å²) in [6.45, 7) is 8.31. The second kappa shape index (κ2) is 8.34. The largest absolute Gasteiger partial charge is 0.416 e. The van der Waals surface area contributed by atoms with Crippen LogP contribution in [0, 0.1) is 13.8 Å². The minimum atomic E-state index is -4.44. The number of carbonyl (C=O) groups is 1. The lowest BCUT2D eigenvalue weighted by Crippen LogP contribution is -2.30. The number of aromatic nitrogens is 1. The third-order valence-corrected chi connectivity index (χ3v) is 5.29. The Morgan fingerprint density at radius 3 is 2.37 bits per heavy atom. The van der Waals surface area contributed by atoms with Gasteiger partial charge in [0.1, 0.15) is 5.82 Å². The van der Waals surface area contributed by atoms with E-state index in [0.29, 0.717) is 35.5 Å². The number of amides is 1. The molecular formula is C23H24F3N3O. The van der Waals surface area contributed by atoms with Gasteiger partial charge < -0.3 is 10.2 Å². The van der Waals surface area contributed by atoms with E-state index >= 15 is 0 Å². The van der Waals surface area contributed by atoms with E-state index in [1.54, 1.807) is 11.0 Å². The highest BCUT2D eigenvalue weighted by atomic mass is 19.4. The van der Waals surface area contributed by atoms with Crippen LogP contribution in [0.5, 0.6) is 0 Å². The Morgan fingerprint density at radius 2 is 1.73 bits per heavy atom. The minimum absolute atomic E-state index is 0.0934. The number of carbonyl (C=O) groups excluding carboxylic acids is 1. The lowest BCUT2D eigenvalue weighted by Gasteiger charge is -2.21. The highest BCUT2D eigenvalue weighted by Gasteiger charge is 2.33. The van der Waals surface area contributed by atoms with E-state index in [1.165, 1.54) is 19.2 Å². The van der Waals surface area contributed by atoms with E-state index in [9.17, 15) is 18.0 Å². The quantitative estimate of drug-likeness (QED) is 0.548. The van der Waals surface area contributed by atoms with Crippen LogP contribution in [0.25, 0.3) is 10.8 Å². The molecule has 1 N–H and O–H groups in total. The molecule has 2 aromatic carbocycles. The van der Waals surface area contributed by atoms with Gasteiger partial charge in [0.05, 0.1) is 11.1 Å². The predicted molar refractivity (Wildman–Crippen MR) is 113 cm³/mol. The van der Waals surface area contributed by atoms with Crippen molar-refractivity contribution in [2.75, 3.05) is 18.4 Å². The van der Waals surface area contributed by atoms with Gasteiger partial charge in [-0.25, -0.2) is 4.98 Å². The average molecular weight is 415 g/mol. The minimum Gasteiger partial charge on any atom is -0.339 e. The molecule has 0 saturated heterocycles. The van der Waals surface area contributed by atoms with E-state index in [4.69, 9.17) is 0 Å². The fourth-order valence-electron chi connectivity index (χ4n) is 3.63. The standard InChI is InChI=1S/C23H24F3N3O/c1-5-29(6-2)22(30)17-13-27-21(16-10-7-9-14(3)20(16)17)28-19-12-8-11-18(15(19)4)23(24,25)26/h7-13H,5-6H2,1-4H3,(H,27,28). The molecule has 0 bridgehead atoms. The van der Waals surface area contributed by atoms with Gasteiger partial charge in [-0.05, 0) is 51.0 Å². The Morgan fingerprint density at radius 1 is 1.07 bits per heavy atom. The fraction of sp³-hybridized carbons (Fsp3) is 0.304. The summed E-state index contributed by atoms with van der Waals surface area (Å²) in [5.74, 6) is 0.292. The maximum atomic E-state index is 13.3. The zero-order valence-electron chi connectivity index (χ0n) is 17.4. The summed E-state index contributed by atoms with van der Waals surface area (Å²) < 4.78 is 39.8. The van der Waals surface area contributed by atoms with Crippen molar-refractivity contribution in [1.29, 1.82) is 0 Å². The summed E-state index contributed by atoms with van der Waals surface area (Å²) in [6, 6.07) is 9.57. The number of aryl methyl sites for hydroxylation is 1. The van der Waals surface area contributed by atoms with Gasteiger partial charge in [0.2, 0.25) is 0 Å². The Balaban J connectivity index is 2.14. The summed E-state index contributed by atoms with van der Waals surface area (Å²) in [5, 5.41) is 4.47. The van der Waals surface area contributed by atoms with Crippen LogP contribution in [0.3, 0.4) is 0 Å². The summed E-state index contributed by atoms with van der Waals surface area (Å²) in [7, 11) is 0. The van der Waals surface area contributed by atoms with Crippen molar-refractivity contribution in [3.8, 4) is 0 Å². The third-order valence-electron chi connectivity index (χ3n) is 5.29. The molecule has 1 heterocycles. The summed E-state index contributed by atoms with van der Waals surface area (Å²) in [6.07, 6.45) is -2.94. The first-order valence-corrected chi connectivity index (χ1v) is 9.80. The lowest BCUT2D eigenvalue weighted by atomic mass is 10.0. The number of anilines is 2. The van der Waals surface area contributed by atoms with Crippen molar-refractivity contribution >= 4 is 28.2 Å². The molecule has 0 atom stereocenters. The number of hydrogen-bond donors (Lipinski definition) is 1. The molecule has 0 saturated carbocycles. The Labute approximate surface area is 173 Å². The van der Waals surface area contributed by atoms with Gasteiger partial charge in [-0.2, -0.15) is 13.2 Å². The van der Waals surface area contributed by atoms with Crippen LogP contribution >= 0.6 is 0 Å². The van der Waals surface area contributed by atoms with E-state index < -0.39 is 11.7 Å². The first-order chi connectivity index (χ1) is 14.2.